The van der Waals surface area contributed by atoms with Crippen LogP contribution in [0.25, 0.3) is 0 Å². The Morgan fingerprint density at radius 1 is 1.57 bits per heavy atom. The van der Waals surface area contributed by atoms with E-state index < -0.39 is 17.3 Å². The molecule has 1 unspecified atom stereocenters. The van der Waals surface area contributed by atoms with Gasteiger partial charge in [0.05, 0.1) is 0 Å². The third-order valence-electron chi connectivity index (χ3n) is 2.33. The Morgan fingerprint density at radius 3 is 2.64 bits per heavy atom. The number of benzene rings is 1. The van der Waals surface area contributed by atoms with E-state index in [0.29, 0.717) is 5.56 Å². The van der Waals surface area contributed by atoms with Crippen LogP contribution in [0.1, 0.15) is 12.5 Å². The summed E-state index contributed by atoms with van der Waals surface area (Å²) in [6, 6.07) is 5.56. The Kier molecular flexibility index (Phi) is 2.86. The number of hydrogen-bond acceptors (Lipinski definition) is 2. The normalized spacial score (nSPS) is 14.8. The summed E-state index contributed by atoms with van der Waals surface area (Å²) in [5.74, 6) is -1.48. The van der Waals surface area contributed by atoms with Crippen LogP contribution in [0.15, 0.2) is 24.3 Å². The van der Waals surface area contributed by atoms with E-state index in [1.165, 1.54) is 32.2 Å². The molecule has 2 N–H and O–H groups in total. The van der Waals surface area contributed by atoms with E-state index in [2.05, 4.69) is 5.32 Å². The average molecular weight is 197 g/mol. The molecule has 0 aliphatic rings. The molecule has 4 heteroatoms. The highest BCUT2D eigenvalue weighted by Gasteiger charge is 2.33. The Balaban J connectivity index is 3.19. The lowest BCUT2D eigenvalue weighted by molar-refractivity contribution is -0.144. The first-order chi connectivity index (χ1) is 6.50. The van der Waals surface area contributed by atoms with Crippen LogP contribution in [-0.2, 0) is 10.3 Å². The van der Waals surface area contributed by atoms with Gasteiger partial charge in [0.15, 0.2) is 0 Å². The predicted molar refractivity (Wildman–Crippen MR) is 50.4 cm³/mol. The molecule has 0 spiro atoms. The fourth-order valence-electron chi connectivity index (χ4n) is 1.17. The monoisotopic (exact) mass is 197 g/mol. The van der Waals surface area contributed by atoms with Crippen LogP contribution >= 0.6 is 0 Å². The summed E-state index contributed by atoms with van der Waals surface area (Å²) in [5.41, 5.74) is -0.852. The van der Waals surface area contributed by atoms with Gasteiger partial charge in [0, 0.05) is 0 Å². The summed E-state index contributed by atoms with van der Waals surface area (Å²) in [6.07, 6.45) is 0. The van der Waals surface area contributed by atoms with Gasteiger partial charge in [-0.1, -0.05) is 12.1 Å². The third-order valence-corrected chi connectivity index (χ3v) is 2.33. The molecule has 0 amide bonds. The minimum atomic E-state index is -1.25. The van der Waals surface area contributed by atoms with Crippen molar-refractivity contribution in [1.82, 2.24) is 5.32 Å². The summed E-state index contributed by atoms with van der Waals surface area (Å²) in [5, 5.41) is 11.6. The van der Waals surface area contributed by atoms with Gasteiger partial charge in [0.1, 0.15) is 11.4 Å². The fourth-order valence-corrected chi connectivity index (χ4v) is 1.17. The first-order valence-corrected chi connectivity index (χ1v) is 4.19. The summed E-state index contributed by atoms with van der Waals surface area (Å²) >= 11 is 0. The number of carboxylic acid groups (broad SMARTS) is 1. The number of nitrogens with one attached hydrogen (secondary N) is 1. The fraction of sp³-hybridized carbons (Fsp3) is 0.300. The van der Waals surface area contributed by atoms with Crippen molar-refractivity contribution in [1.29, 1.82) is 0 Å². The van der Waals surface area contributed by atoms with Crippen LogP contribution in [-0.4, -0.2) is 18.1 Å². The van der Waals surface area contributed by atoms with Crippen LogP contribution in [0.3, 0.4) is 0 Å². The van der Waals surface area contributed by atoms with Gasteiger partial charge >= 0.3 is 5.97 Å². The highest BCUT2D eigenvalue weighted by atomic mass is 19.1. The van der Waals surface area contributed by atoms with Crippen LogP contribution in [0.2, 0.25) is 0 Å². The lowest BCUT2D eigenvalue weighted by Gasteiger charge is -2.24. The summed E-state index contributed by atoms with van der Waals surface area (Å²) in [4.78, 5) is 11.0. The zero-order valence-electron chi connectivity index (χ0n) is 8.04. The summed E-state index contributed by atoms with van der Waals surface area (Å²) in [6.45, 7) is 1.49. The van der Waals surface area contributed by atoms with Gasteiger partial charge in [-0.25, -0.2) is 9.18 Å². The van der Waals surface area contributed by atoms with E-state index >= 15 is 0 Å². The maximum Gasteiger partial charge on any atom is 0.328 e. The molecular formula is C10H12FNO2. The van der Waals surface area contributed by atoms with Gasteiger partial charge in [-0.3, -0.25) is 0 Å². The Hall–Kier alpha value is -1.42. The first-order valence-electron chi connectivity index (χ1n) is 4.19. The largest absolute Gasteiger partial charge is 0.480 e. The van der Waals surface area contributed by atoms with Crippen molar-refractivity contribution in [2.24, 2.45) is 0 Å². The van der Waals surface area contributed by atoms with Crippen molar-refractivity contribution < 1.29 is 14.3 Å². The molecule has 0 saturated heterocycles. The molecule has 0 aliphatic heterocycles. The van der Waals surface area contributed by atoms with Gasteiger partial charge in [0.2, 0.25) is 0 Å². The second-order valence-electron chi connectivity index (χ2n) is 3.19. The lowest BCUT2D eigenvalue weighted by atomic mass is 9.92. The van der Waals surface area contributed by atoms with E-state index in [-0.39, 0.29) is 0 Å². The summed E-state index contributed by atoms with van der Waals surface area (Å²) < 4.78 is 12.9. The minimum absolute atomic E-state index is 0.396. The second kappa shape index (κ2) is 3.75. The van der Waals surface area contributed by atoms with E-state index in [1.54, 1.807) is 6.07 Å². The lowest BCUT2D eigenvalue weighted by Crippen LogP contribution is -2.44. The SMILES string of the molecule is CNC(C)(C(=O)O)c1cccc(F)c1. The van der Waals surface area contributed by atoms with Gasteiger partial charge in [-0.05, 0) is 31.7 Å². The maximum atomic E-state index is 12.9. The average Bonchev–Trinajstić information content (AvgIpc) is 2.16. The Morgan fingerprint density at radius 2 is 2.21 bits per heavy atom. The first kappa shape index (κ1) is 10.7. The molecule has 1 aromatic carbocycles. The molecule has 1 rings (SSSR count). The number of halogens is 1. The molecule has 0 bridgehead atoms. The van der Waals surface area contributed by atoms with E-state index in [4.69, 9.17) is 5.11 Å². The van der Waals surface area contributed by atoms with Crippen molar-refractivity contribution >= 4 is 5.97 Å². The third kappa shape index (κ3) is 1.75. The molecule has 0 saturated carbocycles. The maximum absolute atomic E-state index is 12.9. The highest BCUT2D eigenvalue weighted by Crippen LogP contribution is 2.21. The minimum Gasteiger partial charge on any atom is -0.480 e. The van der Waals surface area contributed by atoms with Crippen molar-refractivity contribution in [3.8, 4) is 0 Å². The predicted octanol–water partition coefficient (Wildman–Crippen LogP) is 1.34. The smallest absolute Gasteiger partial charge is 0.328 e. The molecule has 0 aromatic heterocycles. The molecule has 0 heterocycles. The highest BCUT2D eigenvalue weighted by molar-refractivity contribution is 5.80. The van der Waals surface area contributed by atoms with Crippen molar-refractivity contribution in [2.45, 2.75) is 12.5 Å². The molecule has 0 radical (unpaired) electrons. The molecular weight excluding hydrogens is 185 g/mol. The molecule has 0 fully saturated rings. The number of carboxylic acids is 1. The van der Waals surface area contributed by atoms with Gasteiger partial charge < -0.3 is 10.4 Å². The van der Waals surface area contributed by atoms with E-state index in [1.807, 2.05) is 0 Å². The van der Waals surface area contributed by atoms with Crippen molar-refractivity contribution in [3.05, 3.63) is 35.6 Å². The second-order valence-corrected chi connectivity index (χ2v) is 3.19. The van der Waals surface area contributed by atoms with Gasteiger partial charge in [0.25, 0.3) is 0 Å². The summed E-state index contributed by atoms with van der Waals surface area (Å²) in [7, 11) is 1.53. The van der Waals surface area contributed by atoms with Crippen LogP contribution in [0.4, 0.5) is 4.39 Å². The Labute approximate surface area is 81.6 Å². The molecule has 1 atom stereocenters. The Bertz CT molecular complexity index is 354. The van der Waals surface area contributed by atoms with Crippen LogP contribution in [0, 0.1) is 5.82 Å². The molecule has 14 heavy (non-hydrogen) atoms. The van der Waals surface area contributed by atoms with Crippen LogP contribution in [0.5, 0.6) is 0 Å². The van der Waals surface area contributed by atoms with Gasteiger partial charge in [-0.2, -0.15) is 0 Å². The molecule has 76 valence electrons. The molecule has 1 aromatic rings. The number of carbonyl (C=O) groups is 1. The zero-order valence-corrected chi connectivity index (χ0v) is 8.04. The van der Waals surface area contributed by atoms with E-state index in [9.17, 15) is 9.18 Å². The van der Waals surface area contributed by atoms with Crippen molar-refractivity contribution in [2.75, 3.05) is 7.05 Å². The van der Waals surface area contributed by atoms with Crippen LogP contribution < -0.4 is 5.32 Å². The number of likely N-dealkylation sites (N-methyl/N-ethyl adjacent to an activating group) is 1. The topological polar surface area (TPSA) is 49.3 Å². The standard InChI is InChI=1S/C10H12FNO2/c1-10(12-2,9(13)14)7-4-3-5-8(11)6-7/h3-6,12H,1-2H3,(H,13,14). The number of hydrogen-bond donors (Lipinski definition) is 2. The quantitative estimate of drug-likeness (QED) is 0.768. The zero-order chi connectivity index (χ0) is 10.8. The van der Waals surface area contributed by atoms with Crippen molar-refractivity contribution in [3.63, 3.8) is 0 Å². The molecule has 3 nitrogen and oxygen atoms in total. The number of aliphatic carboxylic acids is 1. The number of rotatable bonds is 3. The van der Waals surface area contributed by atoms with E-state index in [0.717, 1.165) is 0 Å². The molecule has 0 aliphatic carbocycles. The van der Waals surface area contributed by atoms with Gasteiger partial charge in [-0.15, -0.1) is 0 Å².